The Morgan fingerprint density at radius 2 is 2.00 bits per heavy atom. The van der Waals surface area contributed by atoms with E-state index in [1.54, 1.807) is 7.11 Å². The first-order valence-electron chi connectivity index (χ1n) is 9.68. The fourth-order valence-corrected chi connectivity index (χ4v) is 4.17. The molecule has 2 heterocycles. The fraction of sp³-hybridized carbons (Fsp3) is 0.524. The third-order valence-corrected chi connectivity index (χ3v) is 6.00. The molecule has 2 fully saturated rings. The summed E-state index contributed by atoms with van der Waals surface area (Å²) >= 11 is 6.19. The molecule has 1 aromatic heterocycles. The molecular formula is C21H28Cl3N3O2. The zero-order valence-corrected chi connectivity index (χ0v) is 18.9. The summed E-state index contributed by atoms with van der Waals surface area (Å²) in [6, 6.07) is 7.53. The van der Waals surface area contributed by atoms with Crippen molar-refractivity contribution in [2.24, 2.45) is 5.41 Å². The van der Waals surface area contributed by atoms with Gasteiger partial charge in [-0.25, -0.2) is 0 Å². The number of ether oxygens (including phenoxy) is 1. The molecule has 0 bridgehead atoms. The SMILES string of the molecule is COCC1(CNC(=O)c2cc(C3CC3)nc3ccc(Cl)cc23)CCNCC1.Cl.Cl. The number of hydrogen-bond donors (Lipinski definition) is 2. The minimum Gasteiger partial charge on any atom is -0.384 e. The van der Waals surface area contributed by atoms with Crippen LogP contribution in [0.15, 0.2) is 24.3 Å². The van der Waals surface area contributed by atoms with E-state index in [2.05, 4.69) is 10.6 Å². The average Bonchev–Trinajstić information content (AvgIpc) is 3.52. The molecule has 0 spiro atoms. The van der Waals surface area contributed by atoms with Gasteiger partial charge in [-0.15, -0.1) is 24.8 Å². The van der Waals surface area contributed by atoms with Crippen LogP contribution in [0.2, 0.25) is 5.02 Å². The zero-order chi connectivity index (χ0) is 18.9. The van der Waals surface area contributed by atoms with Gasteiger partial charge in [0.25, 0.3) is 5.91 Å². The number of fused-ring (bicyclic) bond motifs is 1. The Balaban J connectivity index is 0.00000150. The summed E-state index contributed by atoms with van der Waals surface area (Å²) in [5, 5.41) is 7.99. The summed E-state index contributed by atoms with van der Waals surface area (Å²) in [4.78, 5) is 17.9. The van der Waals surface area contributed by atoms with Crippen LogP contribution in [0.4, 0.5) is 0 Å². The number of hydrogen-bond acceptors (Lipinski definition) is 4. The van der Waals surface area contributed by atoms with Crippen LogP contribution in [0.1, 0.15) is 47.7 Å². The van der Waals surface area contributed by atoms with Crippen LogP contribution >= 0.6 is 36.4 Å². The molecule has 160 valence electrons. The van der Waals surface area contributed by atoms with Crippen molar-refractivity contribution in [2.45, 2.75) is 31.6 Å². The van der Waals surface area contributed by atoms with E-state index < -0.39 is 0 Å². The number of pyridine rings is 1. The average molecular weight is 461 g/mol. The molecule has 1 aliphatic heterocycles. The van der Waals surface area contributed by atoms with Gasteiger partial charge in [0.05, 0.1) is 17.7 Å². The molecule has 4 rings (SSSR count). The smallest absolute Gasteiger partial charge is 0.252 e. The van der Waals surface area contributed by atoms with Crippen LogP contribution in [-0.2, 0) is 4.74 Å². The molecule has 0 radical (unpaired) electrons. The van der Waals surface area contributed by atoms with E-state index in [4.69, 9.17) is 21.3 Å². The molecule has 2 N–H and O–H groups in total. The number of benzene rings is 1. The molecule has 0 unspecified atom stereocenters. The lowest BCUT2D eigenvalue weighted by molar-refractivity contribution is 0.0512. The number of methoxy groups -OCH3 is 1. The lowest BCUT2D eigenvalue weighted by atomic mass is 9.79. The van der Waals surface area contributed by atoms with E-state index in [1.165, 1.54) is 0 Å². The minimum absolute atomic E-state index is 0. The monoisotopic (exact) mass is 459 g/mol. The van der Waals surface area contributed by atoms with Crippen molar-refractivity contribution in [1.29, 1.82) is 0 Å². The summed E-state index contributed by atoms with van der Waals surface area (Å²) in [7, 11) is 1.73. The third-order valence-electron chi connectivity index (χ3n) is 5.77. The quantitative estimate of drug-likeness (QED) is 0.672. The number of aromatic nitrogens is 1. The first kappa shape index (κ1) is 24.2. The van der Waals surface area contributed by atoms with Gasteiger partial charge in [0.15, 0.2) is 0 Å². The van der Waals surface area contributed by atoms with Gasteiger partial charge in [0.2, 0.25) is 0 Å². The molecule has 1 aromatic carbocycles. The molecule has 5 nitrogen and oxygen atoms in total. The largest absolute Gasteiger partial charge is 0.384 e. The number of carbonyl (C=O) groups excluding carboxylic acids is 1. The van der Waals surface area contributed by atoms with Crippen LogP contribution in [0, 0.1) is 5.41 Å². The molecule has 1 aliphatic carbocycles. The molecular weight excluding hydrogens is 433 g/mol. The predicted molar refractivity (Wildman–Crippen MR) is 122 cm³/mol. The molecule has 29 heavy (non-hydrogen) atoms. The maximum absolute atomic E-state index is 13.1. The van der Waals surface area contributed by atoms with E-state index in [0.717, 1.165) is 55.4 Å². The summed E-state index contributed by atoms with van der Waals surface area (Å²) < 4.78 is 5.46. The molecule has 8 heteroatoms. The summed E-state index contributed by atoms with van der Waals surface area (Å²) in [6.45, 7) is 3.19. The number of amides is 1. The van der Waals surface area contributed by atoms with Gasteiger partial charge in [-0.05, 0) is 63.0 Å². The lowest BCUT2D eigenvalue weighted by Gasteiger charge is -2.37. The molecule has 1 saturated carbocycles. The predicted octanol–water partition coefficient (Wildman–Crippen LogP) is 4.36. The molecule has 1 amide bonds. The third kappa shape index (κ3) is 5.53. The Morgan fingerprint density at radius 3 is 2.66 bits per heavy atom. The lowest BCUT2D eigenvalue weighted by Crippen LogP contribution is -2.47. The molecule has 2 aliphatic rings. The second kappa shape index (κ2) is 10.3. The highest BCUT2D eigenvalue weighted by Gasteiger charge is 2.33. The van der Waals surface area contributed by atoms with E-state index in [9.17, 15) is 4.79 Å². The Labute approximate surface area is 189 Å². The van der Waals surface area contributed by atoms with Crippen LogP contribution in [0.5, 0.6) is 0 Å². The van der Waals surface area contributed by atoms with Gasteiger partial charge < -0.3 is 15.4 Å². The maximum atomic E-state index is 13.1. The van der Waals surface area contributed by atoms with Crippen molar-refractivity contribution in [3.8, 4) is 0 Å². The first-order valence-corrected chi connectivity index (χ1v) is 10.1. The maximum Gasteiger partial charge on any atom is 0.252 e. The highest BCUT2D eigenvalue weighted by Crippen LogP contribution is 2.40. The van der Waals surface area contributed by atoms with Gasteiger partial charge in [-0.2, -0.15) is 0 Å². The number of halogens is 3. The molecule has 2 aromatic rings. The van der Waals surface area contributed by atoms with Crippen molar-refractivity contribution in [3.63, 3.8) is 0 Å². The molecule has 0 atom stereocenters. The Hall–Kier alpha value is -1.11. The second-order valence-electron chi connectivity index (χ2n) is 7.90. The van der Waals surface area contributed by atoms with Crippen molar-refractivity contribution >= 4 is 53.2 Å². The van der Waals surface area contributed by atoms with Gasteiger partial charge >= 0.3 is 0 Å². The van der Waals surface area contributed by atoms with Crippen molar-refractivity contribution in [3.05, 3.63) is 40.5 Å². The number of carbonyl (C=O) groups is 1. The molecule has 1 saturated heterocycles. The zero-order valence-electron chi connectivity index (χ0n) is 16.5. The van der Waals surface area contributed by atoms with Gasteiger partial charge in [0.1, 0.15) is 0 Å². The van der Waals surface area contributed by atoms with E-state index >= 15 is 0 Å². The first-order chi connectivity index (χ1) is 13.1. The Kier molecular flexibility index (Phi) is 8.56. The Bertz CT molecular complexity index is 847. The number of nitrogens with zero attached hydrogens (tertiary/aromatic N) is 1. The van der Waals surface area contributed by atoms with Crippen LogP contribution in [-0.4, -0.2) is 44.2 Å². The normalized spacial score (nSPS) is 17.9. The van der Waals surface area contributed by atoms with E-state index in [0.29, 0.717) is 29.7 Å². The van der Waals surface area contributed by atoms with Crippen molar-refractivity contribution < 1.29 is 9.53 Å². The standard InChI is InChI=1S/C21H26ClN3O2.2ClH/c1-27-13-21(6-8-23-9-7-21)12-24-20(26)17-11-19(14-2-3-14)25-18-5-4-15(22)10-16(17)18;;/h4-5,10-11,14,23H,2-3,6-9,12-13H2,1H3,(H,24,26);2*1H. The summed E-state index contributed by atoms with van der Waals surface area (Å²) in [5.74, 6) is 0.432. The topological polar surface area (TPSA) is 63.2 Å². The van der Waals surface area contributed by atoms with Gasteiger partial charge in [-0.3, -0.25) is 9.78 Å². The van der Waals surface area contributed by atoms with Crippen molar-refractivity contribution in [2.75, 3.05) is 33.4 Å². The minimum atomic E-state index is -0.0550. The number of nitrogens with one attached hydrogen (secondary N) is 2. The van der Waals surface area contributed by atoms with Gasteiger partial charge in [0, 0.05) is 41.1 Å². The Morgan fingerprint density at radius 1 is 1.28 bits per heavy atom. The summed E-state index contributed by atoms with van der Waals surface area (Å²) in [5.41, 5.74) is 2.52. The second-order valence-corrected chi connectivity index (χ2v) is 8.33. The van der Waals surface area contributed by atoms with Crippen molar-refractivity contribution in [1.82, 2.24) is 15.6 Å². The van der Waals surface area contributed by atoms with E-state index in [1.807, 2.05) is 24.3 Å². The van der Waals surface area contributed by atoms with Gasteiger partial charge in [-0.1, -0.05) is 11.6 Å². The van der Waals surface area contributed by atoms with Crippen LogP contribution in [0.25, 0.3) is 10.9 Å². The fourth-order valence-electron chi connectivity index (χ4n) is 3.99. The highest BCUT2D eigenvalue weighted by molar-refractivity contribution is 6.31. The number of rotatable bonds is 6. The van der Waals surface area contributed by atoms with E-state index in [-0.39, 0.29) is 36.1 Å². The van der Waals surface area contributed by atoms with Crippen LogP contribution < -0.4 is 10.6 Å². The highest BCUT2D eigenvalue weighted by atomic mass is 35.5. The van der Waals surface area contributed by atoms with Crippen LogP contribution in [0.3, 0.4) is 0 Å². The number of piperidine rings is 1. The summed E-state index contributed by atoms with van der Waals surface area (Å²) in [6.07, 6.45) is 4.29.